The minimum Gasteiger partial charge on any atom is -0.493 e. The van der Waals surface area contributed by atoms with Gasteiger partial charge in [-0.2, -0.15) is 5.10 Å². The van der Waals surface area contributed by atoms with Crippen LogP contribution in [0.2, 0.25) is 0 Å². The minimum atomic E-state index is -0.370. The fourth-order valence-electron chi connectivity index (χ4n) is 2.29. The molecule has 0 radical (unpaired) electrons. The first kappa shape index (κ1) is 17.6. The van der Waals surface area contributed by atoms with Gasteiger partial charge in [-0.25, -0.2) is 0 Å². The van der Waals surface area contributed by atoms with Crippen molar-refractivity contribution in [2.45, 2.75) is 0 Å². The first-order chi connectivity index (χ1) is 12.6. The second-order valence-corrected chi connectivity index (χ2v) is 6.22. The van der Waals surface area contributed by atoms with E-state index in [9.17, 15) is 4.79 Å². The summed E-state index contributed by atoms with van der Waals surface area (Å²) in [5, 5.41) is 8.85. The number of nitrogens with zero attached hydrogens (tertiary/aromatic N) is 1. The Labute approximate surface area is 154 Å². The van der Waals surface area contributed by atoms with Crippen LogP contribution in [0.15, 0.2) is 48.4 Å². The van der Waals surface area contributed by atoms with E-state index < -0.39 is 0 Å². The molecule has 0 spiro atoms. The number of H-pyrrole nitrogens is 1. The summed E-state index contributed by atoms with van der Waals surface area (Å²) >= 11 is 1.57. The summed E-state index contributed by atoms with van der Waals surface area (Å²) < 4.78 is 10.5. The number of amides is 1. The predicted octanol–water partition coefficient (Wildman–Crippen LogP) is 3.06. The van der Waals surface area contributed by atoms with Crippen LogP contribution < -0.4 is 20.3 Å². The summed E-state index contributed by atoms with van der Waals surface area (Å²) in [6, 6.07) is 10.9. The lowest BCUT2D eigenvalue weighted by Gasteiger charge is -2.13. The Hall–Kier alpha value is -3.26. The molecule has 8 heteroatoms. The maximum atomic E-state index is 12.2. The Morgan fingerprint density at radius 2 is 1.96 bits per heavy atom. The number of methoxy groups -OCH3 is 2. The topological polar surface area (TPSA) is 88.3 Å². The molecule has 3 rings (SSSR count). The number of benzene rings is 1. The maximum Gasteiger partial charge on any atom is 0.290 e. The number of hydrogen-bond donors (Lipinski definition) is 3. The third-order valence-electron chi connectivity index (χ3n) is 3.66. The molecule has 0 saturated carbocycles. The molecule has 1 amide bonds. The lowest BCUT2D eigenvalue weighted by atomic mass is 10.1. The largest absolute Gasteiger partial charge is 0.493 e. The van der Waals surface area contributed by atoms with Crippen molar-refractivity contribution in [2.75, 3.05) is 14.2 Å². The molecule has 2 aromatic heterocycles. The Kier molecular flexibility index (Phi) is 5.23. The molecule has 26 heavy (non-hydrogen) atoms. The SMILES string of the molecule is C=C(NNC(=O)c1cc(-c2cccs2)[nH]n1)c1ccc(OC)c(OC)c1. The summed E-state index contributed by atoms with van der Waals surface area (Å²) in [4.78, 5) is 13.3. The van der Waals surface area contributed by atoms with E-state index in [0.717, 1.165) is 16.1 Å². The molecule has 0 unspecified atom stereocenters. The lowest BCUT2D eigenvalue weighted by Crippen LogP contribution is -2.36. The van der Waals surface area contributed by atoms with Crippen LogP contribution in [0.3, 0.4) is 0 Å². The Bertz CT molecular complexity index is 918. The van der Waals surface area contributed by atoms with Crippen molar-refractivity contribution in [1.82, 2.24) is 21.0 Å². The smallest absolute Gasteiger partial charge is 0.290 e. The van der Waals surface area contributed by atoms with Gasteiger partial charge in [0, 0.05) is 5.56 Å². The number of ether oxygens (including phenoxy) is 2. The average Bonchev–Trinajstić information content (AvgIpc) is 3.36. The van der Waals surface area contributed by atoms with Crippen LogP contribution in [-0.4, -0.2) is 30.3 Å². The molecule has 0 saturated heterocycles. The first-order valence-corrected chi connectivity index (χ1v) is 8.57. The predicted molar refractivity (Wildman–Crippen MR) is 101 cm³/mol. The minimum absolute atomic E-state index is 0.279. The zero-order valence-electron chi connectivity index (χ0n) is 14.3. The van der Waals surface area contributed by atoms with Gasteiger partial charge in [0.2, 0.25) is 0 Å². The van der Waals surface area contributed by atoms with Crippen molar-refractivity contribution in [3.05, 3.63) is 59.6 Å². The summed E-state index contributed by atoms with van der Waals surface area (Å²) in [5.74, 6) is 0.823. The van der Waals surface area contributed by atoms with E-state index >= 15 is 0 Å². The van der Waals surface area contributed by atoms with Gasteiger partial charge in [-0.05, 0) is 35.7 Å². The number of carbonyl (C=O) groups excluding carboxylic acids is 1. The molecule has 3 N–H and O–H groups in total. The zero-order valence-corrected chi connectivity index (χ0v) is 15.1. The van der Waals surface area contributed by atoms with E-state index in [1.165, 1.54) is 0 Å². The van der Waals surface area contributed by atoms with Gasteiger partial charge in [0.05, 0.1) is 30.5 Å². The van der Waals surface area contributed by atoms with Gasteiger partial charge < -0.3 is 9.47 Å². The molecular formula is C18H18N4O3S. The highest BCUT2D eigenvalue weighted by Crippen LogP contribution is 2.29. The second kappa shape index (κ2) is 7.75. The Balaban J connectivity index is 1.63. The van der Waals surface area contributed by atoms with Crippen LogP contribution in [0.4, 0.5) is 0 Å². The summed E-state index contributed by atoms with van der Waals surface area (Å²) in [6.07, 6.45) is 0. The number of carbonyl (C=O) groups is 1. The molecule has 0 aliphatic rings. The number of rotatable bonds is 7. The molecule has 0 bridgehead atoms. The van der Waals surface area contributed by atoms with Crippen LogP contribution in [-0.2, 0) is 0 Å². The molecule has 1 aromatic carbocycles. The van der Waals surface area contributed by atoms with Crippen LogP contribution in [0.25, 0.3) is 16.3 Å². The number of aromatic amines is 1. The van der Waals surface area contributed by atoms with E-state index in [4.69, 9.17) is 9.47 Å². The van der Waals surface area contributed by atoms with E-state index in [0.29, 0.717) is 17.2 Å². The molecule has 134 valence electrons. The van der Waals surface area contributed by atoms with Gasteiger partial charge in [-0.15, -0.1) is 11.3 Å². The summed E-state index contributed by atoms with van der Waals surface area (Å²) in [7, 11) is 3.13. The quantitative estimate of drug-likeness (QED) is 0.556. The third-order valence-corrected chi connectivity index (χ3v) is 4.56. The van der Waals surface area contributed by atoms with Crippen LogP contribution in [0.1, 0.15) is 16.1 Å². The van der Waals surface area contributed by atoms with Gasteiger partial charge in [0.1, 0.15) is 0 Å². The molecule has 7 nitrogen and oxygen atoms in total. The Morgan fingerprint density at radius 1 is 1.15 bits per heavy atom. The van der Waals surface area contributed by atoms with Gasteiger partial charge >= 0.3 is 0 Å². The second-order valence-electron chi connectivity index (χ2n) is 5.27. The summed E-state index contributed by atoms with van der Waals surface area (Å²) in [6.45, 7) is 3.92. The number of nitrogens with one attached hydrogen (secondary N) is 3. The third kappa shape index (κ3) is 3.70. The van der Waals surface area contributed by atoms with Crippen molar-refractivity contribution in [1.29, 1.82) is 0 Å². The molecule has 0 aliphatic heterocycles. The molecular weight excluding hydrogens is 352 g/mol. The van der Waals surface area contributed by atoms with E-state index in [1.807, 2.05) is 23.6 Å². The monoisotopic (exact) mass is 370 g/mol. The summed E-state index contributed by atoms with van der Waals surface area (Å²) in [5.41, 5.74) is 7.71. The van der Waals surface area contributed by atoms with Crippen LogP contribution in [0.5, 0.6) is 11.5 Å². The van der Waals surface area contributed by atoms with Crippen LogP contribution in [0, 0.1) is 0 Å². The molecule has 0 fully saturated rings. The highest BCUT2D eigenvalue weighted by Gasteiger charge is 2.13. The van der Waals surface area contributed by atoms with E-state index in [1.54, 1.807) is 43.8 Å². The van der Waals surface area contributed by atoms with Gasteiger partial charge in [0.15, 0.2) is 17.2 Å². The van der Waals surface area contributed by atoms with Crippen molar-refractivity contribution in [2.24, 2.45) is 0 Å². The van der Waals surface area contributed by atoms with Crippen LogP contribution >= 0.6 is 11.3 Å². The fourth-order valence-corrected chi connectivity index (χ4v) is 2.98. The first-order valence-electron chi connectivity index (χ1n) is 7.69. The number of thiophene rings is 1. The average molecular weight is 370 g/mol. The van der Waals surface area contributed by atoms with E-state index in [-0.39, 0.29) is 11.6 Å². The van der Waals surface area contributed by atoms with Gasteiger partial charge in [0.25, 0.3) is 5.91 Å². The van der Waals surface area contributed by atoms with Crippen molar-refractivity contribution >= 4 is 22.9 Å². The molecule has 0 atom stereocenters. The highest BCUT2D eigenvalue weighted by atomic mass is 32.1. The molecule has 2 heterocycles. The molecule has 0 aliphatic carbocycles. The normalized spacial score (nSPS) is 10.2. The lowest BCUT2D eigenvalue weighted by molar-refractivity contribution is 0.0937. The van der Waals surface area contributed by atoms with Crippen molar-refractivity contribution in [3.63, 3.8) is 0 Å². The van der Waals surface area contributed by atoms with Gasteiger partial charge in [-0.3, -0.25) is 20.7 Å². The number of hydrogen-bond acceptors (Lipinski definition) is 6. The van der Waals surface area contributed by atoms with Crippen molar-refractivity contribution < 1.29 is 14.3 Å². The fraction of sp³-hybridized carbons (Fsp3) is 0.111. The standard InChI is InChI=1S/C18H18N4O3S/c1-11(12-6-7-15(24-2)16(9-12)25-3)19-22-18(23)14-10-13(20-21-14)17-5-4-8-26-17/h4-10,19H,1H2,2-3H3,(H,20,21)(H,22,23). The van der Waals surface area contributed by atoms with E-state index in [2.05, 4.69) is 27.6 Å². The maximum absolute atomic E-state index is 12.2. The highest BCUT2D eigenvalue weighted by molar-refractivity contribution is 7.13. The van der Waals surface area contributed by atoms with Gasteiger partial charge in [-0.1, -0.05) is 12.6 Å². The number of aromatic nitrogens is 2. The number of hydrazine groups is 1. The molecule has 3 aromatic rings. The Morgan fingerprint density at radius 3 is 2.65 bits per heavy atom. The van der Waals surface area contributed by atoms with Crippen molar-refractivity contribution in [3.8, 4) is 22.1 Å². The zero-order chi connectivity index (χ0) is 18.5.